The first kappa shape index (κ1) is 33.4. The van der Waals surface area contributed by atoms with Crippen LogP contribution in [-0.2, 0) is 25.8 Å². The molecule has 50 heavy (non-hydrogen) atoms. The van der Waals surface area contributed by atoms with Gasteiger partial charge in [0.2, 0.25) is 17.7 Å². The van der Waals surface area contributed by atoms with Crippen LogP contribution >= 0.6 is 0 Å². The number of amides is 3. The van der Waals surface area contributed by atoms with Gasteiger partial charge in [0.1, 0.15) is 23.8 Å². The molecule has 1 aromatic heterocycles. The third-order valence-corrected chi connectivity index (χ3v) is 10.8. The fourth-order valence-electron chi connectivity index (χ4n) is 8.63. The number of hydrogen-bond acceptors (Lipinski definition) is 7. The molecule has 3 fully saturated rings. The van der Waals surface area contributed by atoms with Gasteiger partial charge in [-0.25, -0.2) is 4.68 Å². The Morgan fingerprint density at radius 2 is 1.66 bits per heavy atom. The maximum atomic E-state index is 15.2. The number of ether oxygens (including phenoxy) is 1. The zero-order valence-corrected chi connectivity index (χ0v) is 28.2. The Hall–Kier alpha value is -5.13. The largest absolute Gasteiger partial charge is 0.394 e. The predicted octanol–water partition coefficient (Wildman–Crippen LogP) is 4.51. The summed E-state index contributed by atoms with van der Waals surface area (Å²) in [7, 11) is 0. The Bertz CT molecular complexity index is 1920. The average molecular weight is 675 g/mol. The fourth-order valence-corrected chi connectivity index (χ4v) is 8.63. The van der Waals surface area contributed by atoms with Gasteiger partial charge in [0, 0.05) is 18.8 Å². The van der Waals surface area contributed by atoms with Crippen LogP contribution in [0.25, 0.3) is 11.0 Å². The van der Waals surface area contributed by atoms with E-state index in [1.54, 1.807) is 26.6 Å². The van der Waals surface area contributed by atoms with E-state index in [0.717, 1.165) is 5.52 Å². The van der Waals surface area contributed by atoms with Crippen LogP contribution < -0.4 is 4.90 Å². The summed E-state index contributed by atoms with van der Waals surface area (Å²) < 4.78 is 8.74. The monoisotopic (exact) mass is 674 g/mol. The minimum Gasteiger partial charge on any atom is -0.394 e. The molecule has 3 aliphatic heterocycles. The second-order valence-corrected chi connectivity index (χ2v) is 13.3. The number of anilines is 1. The maximum absolute atomic E-state index is 15.2. The molecule has 1 N–H and O–H groups in total. The number of aromatic nitrogens is 3. The first-order chi connectivity index (χ1) is 24.3. The minimum absolute atomic E-state index is 0.0438. The van der Waals surface area contributed by atoms with Crippen LogP contribution in [-0.4, -0.2) is 84.6 Å². The molecule has 258 valence electrons. The minimum atomic E-state index is -1.31. The standard InChI is InChI=1S/C39H42N6O5/c1-4-23-42(26-44-30-20-14-13-19-29(30)40-41-44)37(49)34-39-22-21-38(6-3,50-39)32(35(47)43(24-5-2)28-17-11-8-12-18-28)33(39)36(48)45(34)31(25-46)27-15-9-7-10-16-27/h4-5,7-20,31-34,46H,1-2,6,21-26H2,3H3/t31-,32-,33+,34?,38+,39?/m1/s1. The van der Waals surface area contributed by atoms with Crippen molar-refractivity contribution in [3.63, 3.8) is 0 Å². The molecule has 0 aliphatic carbocycles. The number of fused-ring (bicyclic) bond motifs is 2. The lowest BCUT2D eigenvalue weighted by Gasteiger charge is -2.39. The summed E-state index contributed by atoms with van der Waals surface area (Å²) in [5.74, 6) is -2.82. The molecule has 3 saturated heterocycles. The van der Waals surface area contributed by atoms with Crippen molar-refractivity contribution in [2.75, 3.05) is 24.6 Å². The molecule has 4 aromatic rings. The van der Waals surface area contributed by atoms with Crippen LogP contribution in [0.1, 0.15) is 37.8 Å². The third kappa shape index (κ3) is 5.14. The Balaban J connectivity index is 1.36. The van der Waals surface area contributed by atoms with E-state index in [-0.39, 0.29) is 37.5 Å². The Morgan fingerprint density at radius 1 is 0.980 bits per heavy atom. The van der Waals surface area contributed by atoms with Gasteiger partial charge in [-0.2, -0.15) is 0 Å². The number of para-hydroxylation sites is 2. The summed E-state index contributed by atoms with van der Waals surface area (Å²) in [4.78, 5) is 50.0. The molecule has 0 radical (unpaired) electrons. The summed E-state index contributed by atoms with van der Waals surface area (Å²) in [6.45, 7) is 9.81. The third-order valence-electron chi connectivity index (χ3n) is 10.8. The molecule has 11 nitrogen and oxygen atoms in total. The zero-order chi connectivity index (χ0) is 35.0. The Kier molecular flexibility index (Phi) is 8.87. The van der Waals surface area contributed by atoms with Gasteiger partial charge in [-0.3, -0.25) is 14.4 Å². The topological polar surface area (TPSA) is 121 Å². The molecule has 2 bridgehead atoms. The van der Waals surface area contributed by atoms with Gasteiger partial charge in [0.25, 0.3) is 0 Å². The van der Waals surface area contributed by atoms with Crippen LogP contribution in [0.3, 0.4) is 0 Å². The summed E-state index contributed by atoms with van der Waals surface area (Å²) in [5, 5.41) is 19.5. The second kappa shape index (κ2) is 13.3. The van der Waals surface area contributed by atoms with Gasteiger partial charge in [0.15, 0.2) is 0 Å². The first-order valence-electron chi connectivity index (χ1n) is 17.2. The maximum Gasteiger partial charge on any atom is 0.250 e. The molecule has 2 unspecified atom stereocenters. The van der Waals surface area contributed by atoms with Crippen molar-refractivity contribution in [2.45, 2.75) is 56.1 Å². The highest BCUT2D eigenvalue weighted by Gasteiger charge is 2.79. The van der Waals surface area contributed by atoms with Crippen molar-refractivity contribution < 1.29 is 24.2 Å². The van der Waals surface area contributed by atoms with Gasteiger partial charge in [-0.15, -0.1) is 18.3 Å². The van der Waals surface area contributed by atoms with Gasteiger partial charge < -0.3 is 24.5 Å². The zero-order valence-electron chi connectivity index (χ0n) is 28.2. The smallest absolute Gasteiger partial charge is 0.250 e. The molecule has 11 heteroatoms. The van der Waals surface area contributed by atoms with Crippen LogP contribution in [0.4, 0.5) is 5.69 Å². The van der Waals surface area contributed by atoms with E-state index in [1.165, 1.54) is 4.90 Å². The molecule has 3 aromatic carbocycles. The molecular formula is C39H42N6O5. The average Bonchev–Trinajstić information content (AvgIpc) is 3.88. The van der Waals surface area contributed by atoms with Crippen LogP contribution in [0.15, 0.2) is 110 Å². The molecule has 1 spiro atoms. The van der Waals surface area contributed by atoms with E-state index in [9.17, 15) is 9.90 Å². The molecule has 7 rings (SSSR count). The van der Waals surface area contributed by atoms with E-state index in [0.29, 0.717) is 36.0 Å². The quantitative estimate of drug-likeness (QED) is 0.207. The number of carbonyl (C=O) groups is 3. The lowest BCUT2D eigenvalue weighted by molar-refractivity contribution is -0.157. The highest BCUT2D eigenvalue weighted by atomic mass is 16.5. The van der Waals surface area contributed by atoms with Crippen molar-refractivity contribution >= 4 is 34.4 Å². The number of rotatable bonds is 13. The summed E-state index contributed by atoms with van der Waals surface area (Å²) in [6, 6.07) is 24.0. The van der Waals surface area contributed by atoms with Crippen LogP contribution in [0.2, 0.25) is 0 Å². The van der Waals surface area contributed by atoms with E-state index < -0.39 is 41.7 Å². The van der Waals surface area contributed by atoms with E-state index in [1.807, 2.05) is 91.9 Å². The van der Waals surface area contributed by atoms with Gasteiger partial charge in [-0.05, 0) is 49.1 Å². The van der Waals surface area contributed by atoms with Crippen LogP contribution in [0.5, 0.6) is 0 Å². The number of benzene rings is 3. The van der Waals surface area contributed by atoms with E-state index in [4.69, 9.17) is 4.74 Å². The van der Waals surface area contributed by atoms with E-state index in [2.05, 4.69) is 23.5 Å². The number of nitrogens with zero attached hydrogens (tertiary/aromatic N) is 6. The number of likely N-dealkylation sites (tertiary alicyclic amines) is 1. The summed E-state index contributed by atoms with van der Waals surface area (Å²) in [5.41, 5.74) is 0.529. The first-order valence-corrected chi connectivity index (χ1v) is 17.2. The molecule has 3 amide bonds. The fraction of sp³-hybridized carbons (Fsp3) is 0.359. The number of aliphatic hydroxyl groups excluding tert-OH is 1. The van der Waals surface area contributed by atoms with Gasteiger partial charge in [0.05, 0.1) is 35.6 Å². The lowest BCUT2D eigenvalue weighted by atomic mass is 9.64. The van der Waals surface area contributed by atoms with Crippen molar-refractivity contribution in [1.82, 2.24) is 24.8 Å². The van der Waals surface area contributed by atoms with Gasteiger partial charge in [-0.1, -0.05) is 85.0 Å². The summed E-state index contributed by atoms with van der Waals surface area (Å²) >= 11 is 0. The highest BCUT2D eigenvalue weighted by Crippen LogP contribution is 2.65. The Labute approximate surface area is 291 Å². The van der Waals surface area contributed by atoms with Crippen molar-refractivity contribution in [3.05, 3.63) is 116 Å². The molecule has 0 saturated carbocycles. The molecular weight excluding hydrogens is 632 g/mol. The molecule has 4 heterocycles. The number of carbonyl (C=O) groups excluding carboxylic acids is 3. The SMILES string of the molecule is C=CCN(Cn1nnc2ccccc21)C(=O)C1N([C@H](CO)c2ccccc2)C(=O)[C@@H]2[C@H](C(=O)N(CC=C)c3ccccc3)[C@]3(CC)CCC12O3. The van der Waals surface area contributed by atoms with Crippen molar-refractivity contribution in [3.8, 4) is 0 Å². The molecule has 3 aliphatic rings. The normalized spacial score (nSPS) is 25.8. The van der Waals surface area contributed by atoms with E-state index >= 15 is 9.59 Å². The van der Waals surface area contributed by atoms with Gasteiger partial charge >= 0.3 is 0 Å². The number of hydrogen-bond donors (Lipinski definition) is 1. The number of aliphatic hydroxyl groups is 1. The highest BCUT2D eigenvalue weighted by molar-refractivity contribution is 6.03. The van der Waals surface area contributed by atoms with Crippen LogP contribution in [0, 0.1) is 11.8 Å². The molecule has 6 atom stereocenters. The predicted molar refractivity (Wildman–Crippen MR) is 188 cm³/mol. The summed E-state index contributed by atoms with van der Waals surface area (Å²) in [6.07, 6.45) is 4.69. The van der Waals surface area contributed by atoms with Crippen molar-refractivity contribution in [2.24, 2.45) is 11.8 Å². The Morgan fingerprint density at radius 3 is 2.34 bits per heavy atom. The second-order valence-electron chi connectivity index (χ2n) is 13.3. The van der Waals surface area contributed by atoms with Crippen molar-refractivity contribution in [1.29, 1.82) is 0 Å². The lowest BCUT2D eigenvalue weighted by Crippen LogP contribution is -2.57.